The van der Waals surface area contributed by atoms with Gasteiger partial charge in [0.05, 0.1) is 37.9 Å². The number of anilines is 3. The van der Waals surface area contributed by atoms with Crippen molar-refractivity contribution in [1.82, 2.24) is 25.3 Å². The smallest absolute Gasteiger partial charge is 0.224 e. The van der Waals surface area contributed by atoms with Crippen LogP contribution in [0.5, 0.6) is 0 Å². The van der Waals surface area contributed by atoms with Crippen LogP contribution in [0.3, 0.4) is 0 Å². The van der Waals surface area contributed by atoms with Gasteiger partial charge in [0.25, 0.3) is 0 Å². The van der Waals surface area contributed by atoms with Crippen LogP contribution < -0.4 is 21.7 Å². The van der Waals surface area contributed by atoms with Gasteiger partial charge in [-0.3, -0.25) is 4.79 Å². The minimum atomic E-state index is -0.909. The fourth-order valence-corrected chi connectivity index (χ4v) is 3.78. The summed E-state index contributed by atoms with van der Waals surface area (Å²) in [6.07, 6.45) is 2.80. The van der Waals surface area contributed by atoms with Gasteiger partial charge < -0.3 is 30.7 Å². The second-order valence-corrected chi connectivity index (χ2v) is 8.34. The fraction of sp³-hybridized carbons (Fsp3) is 0.381. The Bertz CT molecular complexity index is 1020. The molecule has 0 unspecified atom stereocenters. The number of hydrogen-bond acceptors (Lipinski definition) is 10. The number of carbonyl (C=O) groups excluding carboxylic acids is 1. The van der Waals surface area contributed by atoms with E-state index < -0.39 is 8.38 Å². The summed E-state index contributed by atoms with van der Waals surface area (Å²) in [7, 11) is 1.09. The van der Waals surface area contributed by atoms with Crippen LogP contribution in [-0.4, -0.2) is 52.9 Å². The Morgan fingerprint density at radius 3 is 2.36 bits per heavy atom. The molecule has 5 N–H and O–H groups in total. The summed E-state index contributed by atoms with van der Waals surface area (Å²) in [4.78, 5) is 28.7. The van der Waals surface area contributed by atoms with Crippen LogP contribution >= 0.6 is 8.38 Å². The Labute approximate surface area is 194 Å². The van der Waals surface area contributed by atoms with E-state index in [1.807, 2.05) is 20.9 Å². The summed E-state index contributed by atoms with van der Waals surface area (Å²) in [5.74, 6) is 0.346. The van der Waals surface area contributed by atoms with E-state index in [2.05, 4.69) is 61.3 Å². The number of nitrogens with two attached hydrogens (primary N) is 2. The van der Waals surface area contributed by atoms with Gasteiger partial charge in [0.2, 0.25) is 12.4 Å². The number of benzene rings is 1. The molecular formula is C21H31N8O3P. The molecule has 0 radical (unpaired) electrons. The lowest BCUT2D eigenvalue weighted by Gasteiger charge is -2.19. The summed E-state index contributed by atoms with van der Waals surface area (Å²) in [6, 6.07) is 8.29. The molecule has 2 aromatic heterocycles. The Morgan fingerprint density at radius 2 is 1.76 bits per heavy atom. The number of aromatic nitrogens is 4. The van der Waals surface area contributed by atoms with E-state index in [0.717, 1.165) is 11.4 Å². The maximum atomic E-state index is 9.91. The molecule has 0 saturated heterocycles. The Kier molecular flexibility index (Phi) is 10.6. The van der Waals surface area contributed by atoms with E-state index in [9.17, 15) is 4.79 Å². The number of carbonyl (C=O) groups is 1. The van der Waals surface area contributed by atoms with Crippen molar-refractivity contribution in [1.29, 1.82) is 0 Å². The van der Waals surface area contributed by atoms with E-state index in [1.165, 1.54) is 5.56 Å². The quantitative estimate of drug-likeness (QED) is 0.295. The fourth-order valence-electron chi connectivity index (χ4n) is 2.72. The van der Waals surface area contributed by atoms with Gasteiger partial charge in [-0.15, -0.1) is 0 Å². The molecule has 0 saturated carbocycles. The lowest BCUT2D eigenvalue weighted by atomic mass is 10.2. The standard InChI is InChI=1S/C15H17N7.C6H14NO3P/c1-9-3-5-11(6-4-9)22(2)8-10-7-18-14-12(19-10)13(16)20-15(17)21-14;1-3-9-11(10-4-2)6-7-5-8/h3-7H,8H2,1-2H3,(H4,16,17,18,20,21);5H,3-4,6H2,1-2H3,(H,7,8). The molecule has 12 heteroatoms. The highest BCUT2D eigenvalue weighted by atomic mass is 31.2. The predicted octanol–water partition coefficient (Wildman–Crippen LogP) is 2.60. The van der Waals surface area contributed by atoms with Gasteiger partial charge in [0.15, 0.2) is 25.4 Å². The monoisotopic (exact) mass is 474 g/mol. The van der Waals surface area contributed by atoms with Crippen molar-refractivity contribution in [3.05, 3.63) is 41.7 Å². The number of nitrogens with one attached hydrogen (secondary N) is 1. The highest BCUT2D eigenvalue weighted by molar-refractivity contribution is 7.47. The minimum Gasteiger partial charge on any atom is -0.382 e. The summed E-state index contributed by atoms with van der Waals surface area (Å²) in [6.45, 7) is 7.70. The molecule has 178 valence electrons. The van der Waals surface area contributed by atoms with Crippen LogP contribution in [0.15, 0.2) is 30.5 Å². The molecule has 0 aliphatic heterocycles. The van der Waals surface area contributed by atoms with Crippen molar-refractivity contribution < 1.29 is 13.8 Å². The lowest BCUT2D eigenvalue weighted by molar-refractivity contribution is -0.109. The first kappa shape index (κ1) is 26.1. The molecule has 0 fully saturated rings. The number of nitrogens with zero attached hydrogens (tertiary/aromatic N) is 5. The summed E-state index contributed by atoms with van der Waals surface area (Å²) in [5, 5.41) is 2.52. The highest BCUT2D eigenvalue weighted by Crippen LogP contribution is 2.35. The third-order valence-corrected chi connectivity index (χ3v) is 5.76. The predicted molar refractivity (Wildman–Crippen MR) is 131 cm³/mol. The van der Waals surface area contributed by atoms with Crippen LogP contribution in [0.25, 0.3) is 11.2 Å². The maximum absolute atomic E-state index is 9.91. The zero-order chi connectivity index (χ0) is 24.2. The molecule has 3 aromatic rings. The SMILES string of the molecule is CCOP(CNC=O)OCC.Cc1ccc(N(C)Cc2cnc3nc(N)nc(N)c3n2)cc1. The third-order valence-electron chi connectivity index (χ3n) is 4.22. The van der Waals surface area contributed by atoms with Gasteiger partial charge in [0, 0.05) is 12.7 Å². The van der Waals surface area contributed by atoms with Crippen molar-refractivity contribution in [2.75, 3.05) is 42.9 Å². The molecule has 1 aromatic carbocycles. The summed E-state index contributed by atoms with van der Waals surface area (Å²) < 4.78 is 10.4. The van der Waals surface area contributed by atoms with Crippen molar-refractivity contribution in [2.24, 2.45) is 0 Å². The first-order chi connectivity index (χ1) is 15.9. The van der Waals surface area contributed by atoms with Gasteiger partial charge in [-0.25, -0.2) is 9.97 Å². The molecule has 2 heterocycles. The van der Waals surface area contributed by atoms with E-state index >= 15 is 0 Å². The van der Waals surface area contributed by atoms with E-state index in [4.69, 9.17) is 20.5 Å². The molecule has 1 amide bonds. The van der Waals surface area contributed by atoms with Gasteiger partial charge in [-0.2, -0.15) is 9.97 Å². The Balaban J connectivity index is 0.000000299. The van der Waals surface area contributed by atoms with Crippen molar-refractivity contribution in [3.63, 3.8) is 0 Å². The molecule has 3 rings (SSSR count). The number of aryl methyl sites for hydroxylation is 1. The normalized spacial score (nSPS) is 10.6. The average molecular weight is 475 g/mol. The van der Waals surface area contributed by atoms with Crippen LogP contribution in [0.4, 0.5) is 17.5 Å². The first-order valence-corrected chi connectivity index (χ1v) is 11.8. The van der Waals surface area contributed by atoms with Crippen LogP contribution in [0.1, 0.15) is 25.1 Å². The highest BCUT2D eigenvalue weighted by Gasteiger charge is 2.10. The van der Waals surface area contributed by atoms with E-state index in [0.29, 0.717) is 43.6 Å². The van der Waals surface area contributed by atoms with Crippen molar-refractivity contribution in [3.8, 4) is 0 Å². The zero-order valence-electron chi connectivity index (χ0n) is 19.4. The zero-order valence-corrected chi connectivity index (χ0v) is 20.2. The number of amides is 1. The molecule has 33 heavy (non-hydrogen) atoms. The first-order valence-electron chi connectivity index (χ1n) is 10.4. The van der Waals surface area contributed by atoms with Gasteiger partial charge in [0.1, 0.15) is 0 Å². The molecule has 0 spiro atoms. The third kappa shape index (κ3) is 8.38. The molecule has 0 atom stereocenters. The maximum Gasteiger partial charge on any atom is 0.224 e. The minimum absolute atomic E-state index is 0.101. The summed E-state index contributed by atoms with van der Waals surface area (Å²) in [5.41, 5.74) is 15.4. The summed E-state index contributed by atoms with van der Waals surface area (Å²) >= 11 is 0. The number of nitrogen functional groups attached to an aromatic ring is 2. The number of hydrogen-bond donors (Lipinski definition) is 3. The van der Waals surface area contributed by atoms with Crippen molar-refractivity contribution >= 4 is 43.4 Å². The molecule has 0 aliphatic carbocycles. The second kappa shape index (κ2) is 13.4. The molecule has 0 bridgehead atoms. The Hall–Kier alpha value is -3.14. The Morgan fingerprint density at radius 1 is 1.09 bits per heavy atom. The largest absolute Gasteiger partial charge is 0.382 e. The topological polar surface area (TPSA) is 154 Å². The number of rotatable bonds is 10. The second-order valence-electron chi connectivity index (χ2n) is 6.84. The van der Waals surface area contributed by atoms with Gasteiger partial charge in [-0.05, 0) is 32.9 Å². The van der Waals surface area contributed by atoms with Crippen molar-refractivity contribution in [2.45, 2.75) is 27.3 Å². The van der Waals surface area contributed by atoms with Gasteiger partial charge >= 0.3 is 0 Å². The average Bonchev–Trinajstić information content (AvgIpc) is 2.79. The van der Waals surface area contributed by atoms with Crippen LogP contribution in [-0.2, 0) is 20.4 Å². The number of fused-ring (bicyclic) bond motifs is 1. The van der Waals surface area contributed by atoms with E-state index in [-0.39, 0.29) is 11.8 Å². The van der Waals surface area contributed by atoms with E-state index in [1.54, 1.807) is 6.20 Å². The van der Waals surface area contributed by atoms with Crippen LogP contribution in [0.2, 0.25) is 0 Å². The lowest BCUT2D eigenvalue weighted by Crippen LogP contribution is -2.17. The molecule has 0 aliphatic rings. The molecular weight excluding hydrogens is 443 g/mol. The van der Waals surface area contributed by atoms with Crippen LogP contribution in [0, 0.1) is 6.92 Å². The van der Waals surface area contributed by atoms with Gasteiger partial charge in [-0.1, -0.05) is 17.7 Å². The molecule has 11 nitrogen and oxygen atoms in total.